The van der Waals surface area contributed by atoms with Gasteiger partial charge in [0, 0.05) is 23.8 Å². The fourth-order valence-corrected chi connectivity index (χ4v) is 4.50. The molecule has 3 aromatic rings. The summed E-state index contributed by atoms with van der Waals surface area (Å²) in [5, 5.41) is 11.0. The van der Waals surface area contributed by atoms with Gasteiger partial charge in [0.05, 0.1) is 28.9 Å². The Morgan fingerprint density at radius 3 is 2.24 bits per heavy atom. The molecule has 1 aliphatic heterocycles. The number of anilines is 1. The van der Waals surface area contributed by atoms with E-state index in [9.17, 15) is 18.0 Å². The average Bonchev–Trinajstić information content (AvgIpc) is 3.47. The molecule has 1 saturated heterocycles. The van der Waals surface area contributed by atoms with Gasteiger partial charge in [-0.2, -0.15) is 18.3 Å². The number of nitrogens with one attached hydrogen (secondary N) is 2. The minimum atomic E-state index is -4.41. The zero-order valence-corrected chi connectivity index (χ0v) is 21.6. The van der Waals surface area contributed by atoms with E-state index in [1.165, 1.54) is 12.1 Å². The molecule has 6 nitrogen and oxygen atoms in total. The maximum absolute atomic E-state index is 13.2. The van der Waals surface area contributed by atoms with Gasteiger partial charge in [-0.25, -0.2) is 0 Å². The van der Waals surface area contributed by atoms with Crippen LogP contribution in [0.5, 0.6) is 5.75 Å². The summed E-state index contributed by atoms with van der Waals surface area (Å²) in [4.78, 5) is 13.2. The molecule has 3 atom stereocenters. The van der Waals surface area contributed by atoms with Crippen molar-refractivity contribution >= 4 is 11.6 Å². The molecular formula is C28H33F3N4O2. The van der Waals surface area contributed by atoms with Gasteiger partial charge in [-0.15, -0.1) is 0 Å². The van der Waals surface area contributed by atoms with E-state index >= 15 is 0 Å². The van der Waals surface area contributed by atoms with Crippen LogP contribution in [0.15, 0.2) is 60.8 Å². The molecule has 1 amide bonds. The van der Waals surface area contributed by atoms with Crippen LogP contribution in [0, 0.1) is 0 Å². The first-order valence-corrected chi connectivity index (χ1v) is 12.4. The first kappa shape index (κ1) is 26.7. The molecule has 1 aliphatic rings. The molecule has 9 heteroatoms. The maximum Gasteiger partial charge on any atom is 0.416 e. The normalized spacial score (nSPS) is 20.3. The van der Waals surface area contributed by atoms with E-state index < -0.39 is 17.8 Å². The Morgan fingerprint density at radius 1 is 1.05 bits per heavy atom. The largest absolute Gasteiger partial charge is 0.491 e. The summed E-state index contributed by atoms with van der Waals surface area (Å²) in [5.74, 6) is 0.300. The molecule has 0 saturated carbocycles. The highest BCUT2D eigenvalue weighted by Crippen LogP contribution is 2.41. The van der Waals surface area contributed by atoms with Crippen molar-refractivity contribution in [3.8, 4) is 5.75 Å². The lowest BCUT2D eigenvalue weighted by Gasteiger charge is -2.21. The van der Waals surface area contributed by atoms with E-state index in [-0.39, 0.29) is 29.5 Å². The smallest absolute Gasteiger partial charge is 0.416 e. The number of ether oxygens (including phenoxy) is 1. The van der Waals surface area contributed by atoms with Crippen LogP contribution in [-0.4, -0.2) is 27.8 Å². The first-order valence-electron chi connectivity index (χ1n) is 12.4. The van der Waals surface area contributed by atoms with Crippen LogP contribution in [0.3, 0.4) is 0 Å². The molecule has 1 aromatic heterocycles. The van der Waals surface area contributed by atoms with Crippen LogP contribution in [0.2, 0.25) is 0 Å². The predicted molar refractivity (Wildman–Crippen MR) is 137 cm³/mol. The minimum absolute atomic E-state index is 0.0453. The van der Waals surface area contributed by atoms with Crippen molar-refractivity contribution in [2.75, 3.05) is 5.32 Å². The third-order valence-corrected chi connectivity index (χ3v) is 6.36. The number of carbonyl (C=O) groups excluding carboxylic acids is 1. The Labute approximate surface area is 215 Å². The molecule has 37 heavy (non-hydrogen) atoms. The third-order valence-electron chi connectivity index (χ3n) is 6.36. The van der Waals surface area contributed by atoms with E-state index in [0.717, 1.165) is 17.8 Å². The van der Waals surface area contributed by atoms with Crippen LogP contribution in [-0.2, 0) is 16.5 Å². The quantitative estimate of drug-likeness (QED) is 0.407. The highest BCUT2D eigenvalue weighted by molar-refractivity contribution is 5.95. The van der Waals surface area contributed by atoms with Gasteiger partial charge in [-0.1, -0.05) is 12.1 Å². The lowest BCUT2D eigenvalue weighted by molar-refractivity contribution is -0.137. The summed E-state index contributed by atoms with van der Waals surface area (Å²) >= 11 is 0. The van der Waals surface area contributed by atoms with E-state index in [1.54, 1.807) is 24.3 Å². The van der Waals surface area contributed by atoms with Crippen LogP contribution in [0.25, 0.3) is 0 Å². The van der Waals surface area contributed by atoms with Crippen molar-refractivity contribution < 1.29 is 22.7 Å². The van der Waals surface area contributed by atoms with Crippen LogP contribution in [0.4, 0.5) is 18.9 Å². The molecule has 0 aliphatic carbocycles. The molecule has 198 valence electrons. The Bertz CT molecular complexity index is 1210. The summed E-state index contributed by atoms with van der Waals surface area (Å²) in [6.45, 7) is 10.00. The van der Waals surface area contributed by atoms with Gasteiger partial charge in [0.1, 0.15) is 5.75 Å². The van der Waals surface area contributed by atoms with Crippen molar-refractivity contribution in [2.24, 2.45) is 0 Å². The summed E-state index contributed by atoms with van der Waals surface area (Å²) in [6.07, 6.45) is -2.02. The monoisotopic (exact) mass is 514 g/mol. The molecule has 0 radical (unpaired) electrons. The number of carbonyl (C=O) groups is 1. The maximum atomic E-state index is 13.2. The Kier molecular flexibility index (Phi) is 7.37. The number of alkyl halides is 3. The van der Waals surface area contributed by atoms with Gasteiger partial charge in [-0.05, 0) is 89.1 Å². The zero-order chi connectivity index (χ0) is 27.0. The second kappa shape index (κ2) is 10.2. The van der Waals surface area contributed by atoms with Crippen molar-refractivity contribution in [1.82, 2.24) is 15.1 Å². The molecule has 2 heterocycles. The van der Waals surface area contributed by atoms with Gasteiger partial charge in [0.25, 0.3) is 0 Å². The van der Waals surface area contributed by atoms with E-state index in [2.05, 4.69) is 10.6 Å². The number of halogens is 3. The molecule has 0 spiro atoms. The molecule has 1 fully saturated rings. The number of hydrogen-bond donors (Lipinski definition) is 2. The standard InChI is InChI=1S/C28H33F3N4O2/c1-17(2)37-21-12-10-20(11-13-21)32-26(36)24-16-22(23-14-15-35(34-23)27(3,4)5)25(33-24)18-6-8-19(9-7-18)28(29,30)31/h6-15,17,22,24-25,33H,16H2,1-5H3,(H,32,36)/t22-,24+,25+/m1/s1. The molecular weight excluding hydrogens is 481 g/mol. The van der Waals surface area contributed by atoms with E-state index in [0.29, 0.717) is 23.4 Å². The highest BCUT2D eigenvalue weighted by atomic mass is 19.4. The second-order valence-corrected chi connectivity index (χ2v) is 10.7. The molecule has 2 N–H and O–H groups in total. The number of nitrogens with zero attached hydrogens (tertiary/aromatic N) is 2. The van der Waals surface area contributed by atoms with Gasteiger partial charge in [0.15, 0.2) is 0 Å². The number of amides is 1. The average molecular weight is 515 g/mol. The number of aromatic nitrogens is 2. The Morgan fingerprint density at radius 2 is 1.70 bits per heavy atom. The molecule has 4 rings (SSSR count). The van der Waals surface area contributed by atoms with Crippen LogP contribution in [0.1, 0.15) is 69.8 Å². The summed E-state index contributed by atoms with van der Waals surface area (Å²) in [7, 11) is 0. The lowest BCUT2D eigenvalue weighted by Crippen LogP contribution is -2.36. The number of rotatable bonds is 6. The van der Waals surface area contributed by atoms with Gasteiger partial charge in [-0.3, -0.25) is 14.8 Å². The summed E-state index contributed by atoms with van der Waals surface area (Å²) in [5.41, 5.74) is 1.17. The topological polar surface area (TPSA) is 68.2 Å². The summed E-state index contributed by atoms with van der Waals surface area (Å²) in [6, 6.07) is 13.3. The minimum Gasteiger partial charge on any atom is -0.491 e. The van der Waals surface area contributed by atoms with E-state index in [1.807, 2.05) is 51.6 Å². The molecule has 0 bridgehead atoms. The van der Waals surface area contributed by atoms with Crippen molar-refractivity contribution in [3.63, 3.8) is 0 Å². The van der Waals surface area contributed by atoms with Gasteiger partial charge in [0.2, 0.25) is 5.91 Å². The fourth-order valence-electron chi connectivity index (χ4n) is 4.50. The first-order chi connectivity index (χ1) is 17.3. The Balaban J connectivity index is 1.56. The second-order valence-electron chi connectivity index (χ2n) is 10.7. The SMILES string of the molecule is CC(C)Oc1ccc(NC(=O)[C@@H]2C[C@H](c3ccn(C(C)(C)C)n3)[C@H](c3ccc(C(F)(F)F)cc3)N2)cc1. The van der Waals surface area contributed by atoms with Crippen molar-refractivity contribution in [3.05, 3.63) is 77.6 Å². The van der Waals surface area contributed by atoms with E-state index in [4.69, 9.17) is 9.84 Å². The predicted octanol–water partition coefficient (Wildman–Crippen LogP) is 6.27. The molecule has 2 aromatic carbocycles. The number of benzene rings is 2. The Hall–Kier alpha value is -3.33. The van der Waals surface area contributed by atoms with Gasteiger partial charge >= 0.3 is 6.18 Å². The third kappa shape index (κ3) is 6.33. The highest BCUT2D eigenvalue weighted by Gasteiger charge is 2.41. The van der Waals surface area contributed by atoms with Crippen molar-refractivity contribution in [1.29, 1.82) is 0 Å². The number of hydrogen-bond acceptors (Lipinski definition) is 4. The molecule has 0 unspecified atom stereocenters. The van der Waals surface area contributed by atoms with Gasteiger partial charge < -0.3 is 10.1 Å². The van der Waals surface area contributed by atoms with Crippen LogP contribution < -0.4 is 15.4 Å². The fraction of sp³-hybridized carbons (Fsp3) is 0.429. The van der Waals surface area contributed by atoms with Crippen LogP contribution >= 0.6 is 0 Å². The lowest BCUT2D eigenvalue weighted by atomic mass is 9.90. The zero-order valence-electron chi connectivity index (χ0n) is 21.6. The summed E-state index contributed by atoms with van der Waals surface area (Å²) < 4.78 is 46.9. The van der Waals surface area contributed by atoms with Crippen molar-refractivity contribution in [2.45, 2.75) is 76.9 Å².